The summed E-state index contributed by atoms with van der Waals surface area (Å²) in [4.78, 5) is 36.3. The molecule has 0 radical (unpaired) electrons. The number of rotatable bonds is 8. The van der Waals surface area contributed by atoms with Crippen molar-refractivity contribution in [1.29, 1.82) is 0 Å². The van der Waals surface area contributed by atoms with Gasteiger partial charge in [-0.3, -0.25) is 0 Å². The van der Waals surface area contributed by atoms with Gasteiger partial charge < -0.3 is 65.8 Å². The zero-order chi connectivity index (χ0) is 73.4. The van der Waals surface area contributed by atoms with Gasteiger partial charge in [0.05, 0.1) is 45.6 Å². The summed E-state index contributed by atoms with van der Waals surface area (Å²) in [5.41, 5.74) is 83.9. The average Bonchev–Trinajstić information content (AvgIpc) is 1.62. The number of nitrogen functional groups attached to an aromatic ring is 8. The first-order chi connectivity index (χ1) is 52.2. The Morgan fingerprint density at radius 1 is 0.178 bits per heavy atom. The summed E-state index contributed by atoms with van der Waals surface area (Å²) in [6.45, 7) is 0. The number of fused-ring (bicyclic) bond motifs is 16. The van der Waals surface area contributed by atoms with E-state index in [0.29, 0.717) is 45.5 Å². The number of anilines is 8. The first-order valence-corrected chi connectivity index (χ1v) is 38.4. The first kappa shape index (κ1) is 68.0. The number of aromatic nitrogens is 8. The normalized spacial score (nSPS) is 11.9. The van der Waals surface area contributed by atoms with Crippen molar-refractivity contribution in [3.8, 4) is 89.0 Å². The molecular formula is C88H68Cl2N16Rh. The van der Waals surface area contributed by atoms with E-state index in [0.717, 1.165) is 179 Å². The van der Waals surface area contributed by atoms with Crippen molar-refractivity contribution in [3.63, 3.8) is 0 Å². The number of hydrogen-bond acceptors (Lipinski definition) is 12. The van der Waals surface area contributed by atoms with Crippen molar-refractivity contribution >= 4 is 158 Å². The Labute approximate surface area is 631 Å². The van der Waals surface area contributed by atoms with Gasteiger partial charge in [-0.25, -0.2) is 19.9 Å². The molecule has 0 saturated heterocycles. The summed E-state index contributed by atoms with van der Waals surface area (Å²) in [7, 11) is 9.67. The number of nitrogens with two attached hydrogens (primary N) is 8. The molecule has 0 saturated carbocycles. The Balaban J connectivity index is 0.000000158. The van der Waals surface area contributed by atoms with Crippen LogP contribution in [0.15, 0.2) is 243 Å². The van der Waals surface area contributed by atoms with Crippen LogP contribution in [0.25, 0.3) is 182 Å². The zero-order valence-corrected chi connectivity index (χ0v) is 60.4. The minimum absolute atomic E-state index is 0.226. The molecule has 19 heteroatoms. The van der Waals surface area contributed by atoms with E-state index < -0.39 is 0 Å². The maximum atomic E-state index is 6.15. The SMILES string of the molecule is Nc1ccc(-c2c3nc(c(-c4ccc(N)cc4)c4ccc([nH]4)c(-c4ccc(N)cc4)c4ccc([nH]4)c(-c4ccc(N)cc4)c4nc2C=C4)C=C3)cc1.Nc1ccc(-c2c3nc(c(-c4ccc(N)cc4)c4ccc([nH]4)c(-c4ccc(N)cc4)c4nc(c(-c5ccc(N)cc5)c5ccc2[nH]5)C=C4)C=C3)cc1.[Cl][Rh][Cl]. The fourth-order valence-corrected chi connectivity index (χ4v) is 14.0. The Hall–Kier alpha value is -13.4. The molecule has 4 aliphatic heterocycles. The Bertz CT molecular complexity index is 5640. The summed E-state index contributed by atoms with van der Waals surface area (Å²) in [6.07, 6.45) is 16.5. The van der Waals surface area contributed by atoms with Crippen LogP contribution in [0, 0.1) is 0 Å². The summed E-state index contributed by atoms with van der Waals surface area (Å²) >= 11 is -0.226. The molecule has 14 aromatic rings. The molecule has 16 nitrogen and oxygen atoms in total. The number of aromatic amines is 4. The molecular weight excluding hydrogens is 1450 g/mol. The van der Waals surface area contributed by atoms with Crippen molar-refractivity contribution in [2.45, 2.75) is 0 Å². The number of nitrogens with zero attached hydrogens (tertiary/aromatic N) is 4. The third kappa shape index (κ3) is 13.8. The first-order valence-electron chi connectivity index (χ1n) is 34.2. The quantitative estimate of drug-likeness (QED) is 0.0499. The third-order valence-electron chi connectivity index (χ3n) is 19.1. The van der Waals surface area contributed by atoms with E-state index in [1.807, 2.05) is 194 Å². The van der Waals surface area contributed by atoms with E-state index in [2.05, 4.69) is 117 Å². The van der Waals surface area contributed by atoms with Gasteiger partial charge in [-0.05, 0) is 239 Å². The number of H-pyrrole nitrogens is 4. The van der Waals surface area contributed by atoms with Crippen LogP contribution in [-0.4, -0.2) is 39.9 Å². The van der Waals surface area contributed by atoms with E-state index >= 15 is 0 Å². The summed E-state index contributed by atoms with van der Waals surface area (Å²) in [5.74, 6) is 0. The van der Waals surface area contributed by atoms with E-state index in [9.17, 15) is 0 Å². The summed E-state index contributed by atoms with van der Waals surface area (Å²) < 4.78 is 0. The second-order valence-electron chi connectivity index (χ2n) is 26.0. The average molecular weight is 1520 g/mol. The molecule has 20 N–H and O–H groups in total. The molecule has 16 bridgehead atoms. The Morgan fingerprint density at radius 3 is 0.458 bits per heavy atom. The summed E-state index contributed by atoms with van der Waals surface area (Å²) in [5, 5.41) is 0. The second kappa shape index (κ2) is 29.0. The predicted octanol–water partition coefficient (Wildman–Crippen LogP) is 20.7. The van der Waals surface area contributed by atoms with Gasteiger partial charge in [-0.1, -0.05) is 97.1 Å². The van der Waals surface area contributed by atoms with Gasteiger partial charge in [0.25, 0.3) is 0 Å². The predicted molar refractivity (Wildman–Crippen MR) is 448 cm³/mol. The fourth-order valence-electron chi connectivity index (χ4n) is 14.0. The molecule has 523 valence electrons. The van der Waals surface area contributed by atoms with Crippen LogP contribution in [0.2, 0.25) is 0 Å². The van der Waals surface area contributed by atoms with Gasteiger partial charge in [0.15, 0.2) is 0 Å². The maximum absolute atomic E-state index is 6.15. The molecule has 0 atom stereocenters. The molecule has 0 fully saturated rings. The van der Waals surface area contributed by atoms with Crippen LogP contribution in [0.3, 0.4) is 0 Å². The minimum atomic E-state index is -0.226. The van der Waals surface area contributed by atoms with Crippen molar-refractivity contribution < 1.29 is 15.1 Å². The third-order valence-corrected chi connectivity index (χ3v) is 19.1. The second-order valence-corrected chi connectivity index (χ2v) is 28.5. The molecule has 10 heterocycles. The van der Waals surface area contributed by atoms with E-state index in [1.54, 1.807) is 0 Å². The van der Waals surface area contributed by atoms with E-state index in [4.69, 9.17) is 85.2 Å². The number of nitrogens with one attached hydrogen (secondary N) is 4. The summed E-state index contributed by atoms with van der Waals surface area (Å²) in [6, 6.07) is 80.0. The van der Waals surface area contributed by atoms with Crippen LogP contribution >= 0.6 is 19.4 Å². The van der Waals surface area contributed by atoms with E-state index in [-0.39, 0.29) is 15.1 Å². The molecule has 8 aromatic carbocycles. The van der Waals surface area contributed by atoms with Crippen molar-refractivity contribution in [2.24, 2.45) is 0 Å². The number of benzene rings is 8. The molecule has 4 aliphatic rings. The molecule has 0 unspecified atom stereocenters. The monoisotopic (exact) mass is 1520 g/mol. The molecule has 0 spiro atoms. The van der Waals surface area contributed by atoms with E-state index in [1.165, 1.54) is 0 Å². The Morgan fingerprint density at radius 2 is 0.299 bits per heavy atom. The molecule has 6 aromatic heterocycles. The topological polar surface area (TPSA) is 323 Å². The zero-order valence-electron chi connectivity index (χ0n) is 57.2. The van der Waals surface area contributed by atoms with Gasteiger partial charge in [-0.2, -0.15) is 0 Å². The fraction of sp³-hybridized carbons (Fsp3) is 0. The van der Waals surface area contributed by atoms with Gasteiger partial charge in [0.2, 0.25) is 0 Å². The molecule has 107 heavy (non-hydrogen) atoms. The number of hydrogen-bond donors (Lipinski definition) is 12. The van der Waals surface area contributed by atoms with Gasteiger partial charge in [0, 0.05) is 134 Å². The standard InChI is InChI=1S/2C44H34N8.2ClH.Rh/c2*45-29-9-1-25(2-10-29)41-33-17-19-35(49-33)42(26-3-11-30(46)12-4-26)37-21-23-39(51-37)44(28-7-15-32(48)16-8-28)40-24-22-38(52-40)43(36-20-18-34(41)50-36)27-5-13-31(47)14-6-27;;;/h1-24,49,52H,45-48H2;1-24,49-50H,45-48H2;2*1H;/q;;;;+2/p-2. The Kier molecular flexibility index (Phi) is 18.4. The van der Waals surface area contributed by atoms with Crippen LogP contribution in [0.1, 0.15) is 45.6 Å². The molecule has 0 amide bonds. The van der Waals surface area contributed by atoms with Crippen LogP contribution < -0.4 is 45.9 Å². The van der Waals surface area contributed by atoms with Crippen molar-refractivity contribution in [2.75, 3.05) is 45.9 Å². The van der Waals surface area contributed by atoms with Crippen LogP contribution in [0.5, 0.6) is 0 Å². The van der Waals surface area contributed by atoms with Crippen molar-refractivity contribution in [3.05, 3.63) is 288 Å². The van der Waals surface area contributed by atoms with Gasteiger partial charge in [-0.15, -0.1) is 0 Å². The van der Waals surface area contributed by atoms with Crippen LogP contribution in [0.4, 0.5) is 45.5 Å². The van der Waals surface area contributed by atoms with Crippen molar-refractivity contribution in [1.82, 2.24) is 39.9 Å². The van der Waals surface area contributed by atoms with Gasteiger partial charge >= 0.3 is 34.5 Å². The van der Waals surface area contributed by atoms with Crippen LogP contribution in [-0.2, 0) is 15.1 Å². The molecule has 18 rings (SSSR count). The molecule has 0 aliphatic carbocycles. The van der Waals surface area contributed by atoms with Gasteiger partial charge in [0.1, 0.15) is 0 Å². The number of halogens is 2.